The SMILES string of the molecule is CCOC(=O)CC#Cc1cccnc1C#N. The second-order valence-corrected chi connectivity index (χ2v) is 2.79. The minimum Gasteiger partial charge on any atom is -0.465 e. The maximum absolute atomic E-state index is 11.0. The summed E-state index contributed by atoms with van der Waals surface area (Å²) in [4.78, 5) is 14.8. The number of hydrogen-bond donors (Lipinski definition) is 0. The second-order valence-electron chi connectivity index (χ2n) is 2.79. The number of nitriles is 1. The number of rotatable bonds is 2. The molecule has 0 bridgehead atoms. The summed E-state index contributed by atoms with van der Waals surface area (Å²) in [6.45, 7) is 2.08. The average molecular weight is 214 g/mol. The van der Waals surface area contributed by atoms with Gasteiger partial charge >= 0.3 is 5.97 Å². The van der Waals surface area contributed by atoms with Crippen molar-refractivity contribution in [1.82, 2.24) is 4.98 Å². The van der Waals surface area contributed by atoms with Gasteiger partial charge in [-0.25, -0.2) is 4.98 Å². The van der Waals surface area contributed by atoms with Gasteiger partial charge in [0.15, 0.2) is 5.69 Å². The minimum atomic E-state index is -0.364. The number of aromatic nitrogens is 1. The molecule has 80 valence electrons. The van der Waals surface area contributed by atoms with Gasteiger partial charge in [-0.2, -0.15) is 5.26 Å². The topological polar surface area (TPSA) is 63.0 Å². The predicted molar refractivity (Wildman–Crippen MR) is 57.1 cm³/mol. The molecule has 0 radical (unpaired) electrons. The summed E-state index contributed by atoms with van der Waals surface area (Å²) in [5, 5.41) is 8.74. The van der Waals surface area contributed by atoms with Gasteiger partial charge in [0.1, 0.15) is 12.5 Å². The van der Waals surface area contributed by atoms with Gasteiger partial charge in [-0.1, -0.05) is 11.8 Å². The Bertz CT molecular complexity index is 478. The molecule has 1 rings (SSSR count). The number of esters is 1. The maximum atomic E-state index is 11.0. The van der Waals surface area contributed by atoms with Crippen molar-refractivity contribution in [2.45, 2.75) is 13.3 Å². The van der Waals surface area contributed by atoms with Crippen LogP contribution in [-0.4, -0.2) is 17.6 Å². The third-order valence-electron chi connectivity index (χ3n) is 1.67. The van der Waals surface area contributed by atoms with E-state index in [9.17, 15) is 4.79 Å². The van der Waals surface area contributed by atoms with Crippen LogP contribution >= 0.6 is 0 Å². The van der Waals surface area contributed by atoms with Crippen LogP contribution in [-0.2, 0) is 9.53 Å². The first-order chi connectivity index (χ1) is 7.77. The molecule has 0 saturated carbocycles. The Kier molecular flexibility index (Phi) is 4.56. The van der Waals surface area contributed by atoms with E-state index in [1.807, 2.05) is 6.07 Å². The number of ether oxygens (including phenoxy) is 1. The molecule has 0 aliphatic rings. The molecule has 1 heterocycles. The third kappa shape index (κ3) is 3.43. The van der Waals surface area contributed by atoms with E-state index in [4.69, 9.17) is 10.00 Å². The molecule has 1 aromatic rings. The van der Waals surface area contributed by atoms with E-state index in [0.717, 1.165) is 0 Å². The molecule has 16 heavy (non-hydrogen) atoms. The van der Waals surface area contributed by atoms with Crippen molar-refractivity contribution < 1.29 is 9.53 Å². The third-order valence-corrected chi connectivity index (χ3v) is 1.67. The van der Waals surface area contributed by atoms with Crippen LogP contribution in [0.5, 0.6) is 0 Å². The minimum absolute atomic E-state index is 0.0214. The molecular formula is C12H10N2O2. The van der Waals surface area contributed by atoms with Crippen molar-refractivity contribution in [2.24, 2.45) is 0 Å². The molecule has 0 N–H and O–H groups in total. The average Bonchev–Trinajstić information content (AvgIpc) is 2.30. The van der Waals surface area contributed by atoms with Gasteiger partial charge in [0.25, 0.3) is 0 Å². The lowest BCUT2D eigenvalue weighted by Gasteiger charge is -1.95. The number of carbonyl (C=O) groups excluding carboxylic acids is 1. The molecule has 0 unspecified atom stereocenters. The van der Waals surface area contributed by atoms with Crippen LogP contribution in [0.1, 0.15) is 24.6 Å². The molecule has 0 aliphatic carbocycles. The summed E-state index contributed by atoms with van der Waals surface area (Å²) in [5.41, 5.74) is 0.785. The largest absolute Gasteiger partial charge is 0.465 e. The van der Waals surface area contributed by atoms with E-state index >= 15 is 0 Å². The maximum Gasteiger partial charge on any atom is 0.317 e. The highest BCUT2D eigenvalue weighted by atomic mass is 16.5. The van der Waals surface area contributed by atoms with Crippen molar-refractivity contribution >= 4 is 5.97 Å². The van der Waals surface area contributed by atoms with Gasteiger partial charge in [-0.15, -0.1) is 0 Å². The molecule has 0 saturated heterocycles. The summed E-state index contributed by atoms with van der Waals surface area (Å²) >= 11 is 0. The van der Waals surface area contributed by atoms with Crippen LogP contribution in [0.15, 0.2) is 18.3 Å². The fourth-order valence-electron chi connectivity index (χ4n) is 1.02. The van der Waals surface area contributed by atoms with E-state index in [2.05, 4.69) is 16.8 Å². The predicted octanol–water partition coefficient (Wildman–Crippen LogP) is 1.26. The van der Waals surface area contributed by atoms with Crippen LogP contribution < -0.4 is 0 Å². The van der Waals surface area contributed by atoms with Gasteiger partial charge in [0, 0.05) is 6.20 Å². The molecule has 0 amide bonds. The van der Waals surface area contributed by atoms with E-state index < -0.39 is 0 Å². The van der Waals surface area contributed by atoms with Gasteiger partial charge in [-0.3, -0.25) is 4.79 Å². The number of nitrogens with zero attached hydrogens (tertiary/aromatic N) is 2. The van der Waals surface area contributed by atoms with Crippen molar-refractivity contribution in [1.29, 1.82) is 5.26 Å². The molecular weight excluding hydrogens is 204 g/mol. The zero-order valence-electron chi connectivity index (χ0n) is 8.86. The van der Waals surface area contributed by atoms with Crippen molar-refractivity contribution in [2.75, 3.05) is 6.61 Å². The molecule has 0 fully saturated rings. The van der Waals surface area contributed by atoms with E-state index in [-0.39, 0.29) is 18.1 Å². The van der Waals surface area contributed by atoms with E-state index in [1.165, 1.54) is 6.20 Å². The van der Waals surface area contributed by atoms with Gasteiger partial charge in [0.2, 0.25) is 0 Å². The zero-order valence-corrected chi connectivity index (χ0v) is 8.86. The van der Waals surface area contributed by atoms with Crippen LogP contribution in [0, 0.1) is 23.2 Å². The van der Waals surface area contributed by atoms with Crippen LogP contribution in [0.3, 0.4) is 0 Å². The van der Waals surface area contributed by atoms with Crippen molar-refractivity contribution in [3.63, 3.8) is 0 Å². The highest BCUT2D eigenvalue weighted by Crippen LogP contribution is 2.01. The Morgan fingerprint density at radius 1 is 1.62 bits per heavy atom. The van der Waals surface area contributed by atoms with Crippen LogP contribution in [0.4, 0.5) is 0 Å². The molecule has 1 aromatic heterocycles. The number of pyridine rings is 1. The van der Waals surface area contributed by atoms with E-state index in [1.54, 1.807) is 19.1 Å². The number of hydrogen-bond acceptors (Lipinski definition) is 4. The Hall–Kier alpha value is -2.33. The standard InChI is InChI=1S/C12H10N2O2/c1-2-16-12(15)7-3-5-10-6-4-8-14-11(10)9-13/h4,6,8H,2,7H2,1H3. The van der Waals surface area contributed by atoms with E-state index in [0.29, 0.717) is 12.2 Å². The Labute approximate surface area is 93.9 Å². The Morgan fingerprint density at radius 2 is 2.44 bits per heavy atom. The van der Waals surface area contributed by atoms with Crippen LogP contribution in [0.2, 0.25) is 0 Å². The summed E-state index contributed by atoms with van der Waals surface area (Å²) in [6, 6.07) is 5.30. The molecule has 4 nitrogen and oxygen atoms in total. The lowest BCUT2D eigenvalue weighted by Crippen LogP contribution is -2.01. The van der Waals surface area contributed by atoms with Crippen LogP contribution in [0.25, 0.3) is 0 Å². The lowest BCUT2D eigenvalue weighted by molar-refractivity contribution is -0.141. The molecule has 0 spiro atoms. The smallest absolute Gasteiger partial charge is 0.317 e. The highest BCUT2D eigenvalue weighted by Gasteiger charge is 1.99. The molecule has 0 atom stereocenters. The first-order valence-corrected chi connectivity index (χ1v) is 4.77. The van der Waals surface area contributed by atoms with Crippen molar-refractivity contribution in [3.8, 4) is 17.9 Å². The summed E-state index contributed by atoms with van der Waals surface area (Å²) in [7, 11) is 0. The fraction of sp³-hybridized carbons (Fsp3) is 0.250. The van der Waals surface area contributed by atoms with Crippen molar-refractivity contribution in [3.05, 3.63) is 29.6 Å². The summed E-state index contributed by atoms with van der Waals surface area (Å²) in [6.07, 6.45) is 1.54. The van der Waals surface area contributed by atoms with Gasteiger partial charge < -0.3 is 4.74 Å². The second kappa shape index (κ2) is 6.21. The molecule has 0 aromatic carbocycles. The summed E-state index contributed by atoms with van der Waals surface area (Å²) < 4.78 is 4.71. The Balaban J connectivity index is 2.70. The summed E-state index contributed by atoms with van der Waals surface area (Å²) in [5.74, 6) is 5.00. The quantitative estimate of drug-likeness (QED) is 0.549. The van der Waals surface area contributed by atoms with Gasteiger partial charge in [0.05, 0.1) is 12.2 Å². The lowest BCUT2D eigenvalue weighted by atomic mass is 10.2. The first-order valence-electron chi connectivity index (χ1n) is 4.77. The normalized spacial score (nSPS) is 8.50. The highest BCUT2D eigenvalue weighted by molar-refractivity contribution is 5.72. The number of carbonyl (C=O) groups is 1. The first kappa shape index (κ1) is 11.7. The zero-order chi connectivity index (χ0) is 11.8. The fourth-order valence-corrected chi connectivity index (χ4v) is 1.02. The molecule has 0 aliphatic heterocycles. The van der Waals surface area contributed by atoms with Gasteiger partial charge in [-0.05, 0) is 19.1 Å². The monoisotopic (exact) mass is 214 g/mol. The Morgan fingerprint density at radius 3 is 3.12 bits per heavy atom. The molecule has 4 heteroatoms.